The summed E-state index contributed by atoms with van der Waals surface area (Å²) in [4.78, 5) is 20.0. The first kappa shape index (κ1) is 14.5. The Balaban J connectivity index is 1.83. The fourth-order valence-electron chi connectivity index (χ4n) is 2.65. The van der Waals surface area contributed by atoms with Gasteiger partial charge in [0, 0.05) is 25.1 Å². The first-order chi connectivity index (χ1) is 10.5. The molecule has 0 unspecified atom stereocenters. The lowest BCUT2D eigenvalue weighted by Crippen LogP contribution is -2.32. The molecular weight excluding hydrogens is 278 g/mol. The molecule has 1 aliphatic rings. The number of hydrogen-bond donors (Lipinski definition) is 1. The third-order valence-electron chi connectivity index (χ3n) is 3.73. The number of carbonyl (C=O) groups excluding carboxylic acids is 1. The molecule has 0 bridgehead atoms. The summed E-state index contributed by atoms with van der Waals surface area (Å²) in [5, 5.41) is 2.80. The Bertz CT molecular complexity index is 728. The van der Waals surface area contributed by atoms with Gasteiger partial charge in [-0.15, -0.1) is 0 Å². The number of nitrogens with one attached hydrogen (secondary N) is 1. The average molecular weight is 297 g/mol. The first-order valence-corrected chi connectivity index (χ1v) is 7.37. The first-order valence-electron chi connectivity index (χ1n) is 7.37. The lowest BCUT2D eigenvalue weighted by Gasteiger charge is -2.10. The molecule has 0 fully saturated rings. The number of benzene rings is 1. The summed E-state index contributed by atoms with van der Waals surface area (Å²) in [5.41, 5.74) is 4.93. The molecule has 5 nitrogen and oxygen atoms in total. The normalized spacial score (nSPS) is 16.0. The maximum absolute atomic E-state index is 11.0. The predicted octanol–water partition coefficient (Wildman–Crippen LogP) is 2.20. The van der Waals surface area contributed by atoms with Crippen molar-refractivity contribution in [3.8, 4) is 17.0 Å². The molecule has 1 aliphatic heterocycles. The molecule has 0 saturated heterocycles. The van der Waals surface area contributed by atoms with Crippen molar-refractivity contribution in [3.63, 3.8) is 0 Å². The molecule has 22 heavy (non-hydrogen) atoms. The maximum Gasteiger partial charge on any atom is 0.217 e. The minimum Gasteiger partial charge on any atom is -0.488 e. The van der Waals surface area contributed by atoms with Crippen LogP contribution in [0.15, 0.2) is 24.4 Å². The van der Waals surface area contributed by atoms with Gasteiger partial charge in [0.15, 0.2) is 0 Å². The second kappa shape index (κ2) is 5.75. The highest BCUT2D eigenvalue weighted by molar-refractivity contribution is 5.72. The third-order valence-corrected chi connectivity index (χ3v) is 3.73. The van der Waals surface area contributed by atoms with Crippen LogP contribution >= 0.6 is 0 Å². The number of nitrogens with zero attached hydrogens (tertiary/aromatic N) is 2. The Labute approximate surface area is 129 Å². The van der Waals surface area contributed by atoms with Gasteiger partial charge in [0.05, 0.1) is 23.6 Å². The minimum atomic E-state index is -0.0362. The number of aryl methyl sites for hydroxylation is 2. The van der Waals surface area contributed by atoms with E-state index in [1.165, 1.54) is 6.92 Å². The van der Waals surface area contributed by atoms with Gasteiger partial charge in [0.2, 0.25) is 5.91 Å². The highest BCUT2D eigenvalue weighted by Gasteiger charge is 2.23. The van der Waals surface area contributed by atoms with Crippen LogP contribution in [-0.4, -0.2) is 28.5 Å². The van der Waals surface area contributed by atoms with E-state index in [0.717, 1.165) is 40.4 Å². The number of carbonyl (C=O) groups is 1. The lowest BCUT2D eigenvalue weighted by atomic mass is 10.0. The summed E-state index contributed by atoms with van der Waals surface area (Å²) in [6.45, 7) is 5.95. The molecule has 1 aromatic heterocycles. The van der Waals surface area contributed by atoms with Gasteiger partial charge < -0.3 is 10.1 Å². The van der Waals surface area contributed by atoms with Crippen molar-refractivity contribution in [2.45, 2.75) is 33.3 Å². The molecule has 2 heterocycles. The molecule has 1 N–H and O–H groups in total. The molecule has 0 radical (unpaired) electrons. The third kappa shape index (κ3) is 2.93. The number of fused-ring (bicyclic) bond motifs is 1. The number of aromatic nitrogens is 2. The van der Waals surface area contributed by atoms with Crippen LogP contribution in [0.25, 0.3) is 11.3 Å². The number of amides is 1. The van der Waals surface area contributed by atoms with E-state index in [-0.39, 0.29) is 12.0 Å². The van der Waals surface area contributed by atoms with Gasteiger partial charge in [-0.3, -0.25) is 9.78 Å². The molecule has 1 aromatic carbocycles. The zero-order valence-corrected chi connectivity index (χ0v) is 13.0. The van der Waals surface area contributed by atoms with Crippen molar-refractivity contribution in [2.75, 3.05) is 6.54 Å². The van der Waals surface area contributed by atoms with E-state index in [0.29, 0.717) is 6.54 Å². The zero-order chi connectivity index (χ0) is 15.7. The second-order valence-electron chi connectivity index (χ2n) is 5.65. The van der Waals surface area contributed by atoms with Crippen molar-refractivity contribution >= 4 is 5.91 Å². The Morgan fingerprint density at radius 1 is 1.41 bits per heavy atom. The van der Waals surface area contributed by atoms with E-state index in [1.807, 2.05) is 26.0 Å². The molecule has 0 aliphatic carbocycles. The highest BCUT2D eigenvalue weighted by atomic mass is 16.5. The van der Waals surface area contributed by atoms with Crippen LogP contribution < -0.4 is 10.1 Å². The summed E-state index contributed by atoms with van der Waals surface area (Å²) < 4.78 is 5.85. The van der Waals surface area contributed by atoms with Crippen molar-refractivity contribution in [2.24, 2.45) is 0 Å². The van der Waals surface area contributed by atoms with Gasteiger partial charge in [0.1, 0.15) is 11.9 Å². The molecule has 3 rings (SSSR count). The summed E-state index contributed by atoms with van der Waals surface area (Å²) in [6.07, 6.45) is 2.57. The molecule has 114 valence electrons. The SMILES string of the molecule is CC(=O)NC[C@H]1Cc2cc(-c3nc(C)cnc3C)ccc2O1. The predicted molar refractivity (Wildman–Crippen MR) is 83.7 cm³/mol. The smallest absolute Gasteiger partial charge is 0.217 e. The van der Waals surface area contributed by atoms with E-state index in [1.54, 1.807) is 6.20 Å². The molecule has 1 amide bonds. The zero-order valence-electron chi connectivity index (χ0n) is 13.0. The van der Waals surface area contributed by atoms with E-state index in [9.17, 15) is 4.79 Å². The van der Waals surface area contributed by atoms with Crippen LogP contribution in [0, 0.1) is 13.8 Å². The largest absolute Gasteiger partial charge is 0.488 e. The highest BCUT2D eigenvalue weighted by Crippen LogP contribution is 2.33. The summed E-state index contributed by atoms with van der Waals surface area (Å²) in [5.74, 6) is 0.850. The van der Waals surface area contributed by atoms with Gasteiger partial charge in [-0.1, -0.05) is 0 Å². The average Bonchev–Trinajstić information content (AvgIpc) is 2.89. The Morgan fingerprint density at radius 3 is 3.00 bits per heavy atom. The van der Waals surface area contributed by atoms with Gasteiger partial charge in [-0.25, -0.2) is 4.98 Å². The van der Waals surface area contributed by atoms with Crippen LogP contribution in [0.2, 0.25) is 0 Å². The van der Waals surface area contributed by atoms with E-state index in [2.05, 4.69) is 21.4 Å². The second-order valence-corrected chi connectivity index (χ2v) is 5.65. The lowest BCUT2D eigenvalue weighted by molar-refractivity contribution is -0.119. The molecule has 1 atom stereocenters. The minimum absolute atomic E-state index is 0.00107. The Hall–Kier alpha value is -2.43. The quantitative estimate of drug-likeness (QED) is 0.943. The standard InChI is InChI=1S/C17H19N3O2/c1-10-8-18-11(2)17(20-10)13-4-5-16-14(6-13)7-15(22-16)9-19-12(3)21/h4-6,8,15H,7,9H2,1-3H3,(H,19,21)/t15-/m1/s1. The summed E-state index contributed by atoms with van der Waals surface area (Å²) in [7, 11) is 0. The summed E-state index contributed by atoms with van der Waals surface area (Å²) in [6, 6.07) is 6.09. The van der Waals surface area contributed by atoms with Gasteiger partial charge in [-0.05, 0) is 37.6 Å². The molecule has 5 heteroatoms. The number of hydrogen-bond acceptors (Lipinski definition) is 4. The van der Waals surface area contributed by atoms with E-state index in [4.69, 9.17) is 4.74 Å². The van der Waals surface area contributed by atoms with Crippen molar-refractivity contribution in [1.29, 1.82) is 0 Å². The van der Waals surface area contributed by atoms with Crippen molar-refractivity contribution < 1.29 is 9.53 Å². The van der Waals surface area contributed by atoms with Gasteiger partial charge in [-0.2, -0.15) is 0 Å². The van der Waals surface area contributed by atoms with Crippen molar-refractivity contribution in [1.82, 2.24) is 15.3 Å². The van der Waals surface area contributed by atoms with Gasteiger partial charge >= 0.3 is 0 Å². The van der Waals surface area contributed by atoms with Crippen molar-refractivity contribution in [3.05, 3.63) is 41.3 Å². The van der Waals surface area contributed by atoms with Crippen LogP contribution in [0.4, 0.5) is 0 Å². The number of ether oxygens (including phenoxy) is 1. The van der Waals surface area contributed by atoms with Crippen LogP contribution in [0.1, 0.15) is 23.9 Å². The Kier molecular flexibility index (Phi) is 3.79. The maximum atomic E-state index is 11.0. The fraction of sp³-hybridized carbons (Fsp3) is 0.353. The van der Waals surface area contributed by atoms with Crippen LogP contribution in [0.3, 0.4) is 0 Å². The topological polar surface area (TPSA) is 64.1 Å². The molecule has 0 saturated carbocycles. The van der Waals surface area contributed by atoms with E-state index < -0.39 is 0 Å². The Morgan fingerprint density at radius 2 is 2.23 bits per heavy atom. The fourth-order valence-corrected chi connectivity index (χ4v) is 2.65. The van der Waals surface area contributed by atoms with Gasteiger partial charge in [0.25, 0.3) is 0 Å². The molecule has 0 spiro atoms. The molecule has 2 aromatic rings. The van der Waals surface area contributed by atoms with E-state index >= 15 is 0 Å². The van der Waals surface area contributed by atoms with Crippen LogP contribution in [0.5, 0.6) is 5.75 Å². The monoisotopic (exact) mass is 297 g/mol. The summed E-state index contributed by atoms with van der Waals surface area (Å²) >= 11 is 0. The number of rotatable bonds is 3. The van der Waals surface area contributed by atoms with Crippen LogP contribution in [-0.2, 0) is 11.2 Å². The molecular formula is C17H19N3O2.